The Hall–Kier alpha value is -2.04. The van der Waals surface area contributed by atoms with Gasteiger partial charge < -0.3 is 10.2 Å². The van der Waals surface area contributed by atoms with Crippen molar-refractivity contribution in [2.75, 3.05) is 0 Å². The molecule has 1 aromatic heterocycles. The summed E-state index contributed by atoms with van der Waals surface area (Å²) >= 11 is 0. The lowest BCUT2D eigenvalue weighted by Gasteiger charge is -1.95. The van der Waals surface area contributed by atoms with Crippen LogP contribution in [0, 0.1) is 6.92 Å². The molecule has 1 aromatic carbocycles. The van der Waals surface area contributed by atoms with Crippen molar-refractivity contribution in [2.45, 2.75) is 6.92 Å². The third-order valence-electron chi connectivity index (χ3n) is 2.03. The van der Waals surface area contributed by atoms with Crippen molar-refractivity contribution < 1.29 is 15.0 Å². The number of rotatable bonds is 0. The monoisotopic (exact) mass is 192 g/mol. The average Bonchev–Trinajstić information content (AvgIpc) is 2.43. The number of hydrogen-bond acceptors (Lipinski definition) is 3. The number of carbonyl (C=O) groups is 1. The molecular weight excluding hydrogens is 184 g/mol. The molecule has 0 spiro atoms. The van der Waals surface area contributed by atoms with E-state index in [2.05, 4.69) is 5.10 Å². The Labute approximate surface area is 79.2 Å². The van der Waals surface area contributed by atoms with E-state index in [0.29, 0.717) is 11.2 Å². The van der Waals surface area contributed by atoms with Gasteiger partial charge in [-0.25, -0.2) is 4.79 Å². The third-order valence-corrected chi connectivity index (χ3v) is 2.03. The smallest absolute Gasteiger partial charge is 0.432 e. The van der Waals surface area contributed by atoms with Crippen LogP contribution in [0.2, 0.25) is 0 Å². The van der Waals surface area contributed by atoms with Gasteiger partial charge in [-0.2, -0.15) is 9.78 Å². The van der Waals surface area contributed by atoms with Crippen LogP contribution < -0.4 is 0 Å². The lowest BCUT2D eigenvalue weighted by Crippen LogP contribution is -2.09. The Kier molecular flexibility index (Phi) is 1.67. The molecule has 0 saturated heterocycles. The molecule has 0 radical (unpaired) electrons. The van der Waals surface area contributed by atoms with Gasteiger partial charge in [0, 0.05) is 11.5 Å². The van der Waals surface area contributed by atoms with Crippen molar-refractivity contribution in [1.29, 1.82) is 0 Å². The van der Waals surface area contributed by atoms with Crippen molar-refractivity contribution >= 4 is 17.0 Å². The zero-order valence-electron chi connectivity index (χ0n) is 7.43. The first-order valence-electron chi connectivity index (χ1n) is 4.01. The number of aryl methyl sites for hydroxylation is 1. The predicted octanol–water partition coefficient (Wildman–Crippen LogP) is 1.58. The number of hydrogen-bond donors (Lipinski definition) is 2. The van der Waals surface area contributed by atoms with Crippen LogP contribution in [0.4, 0.5) is 4.79 Å². The van der Waals surface area contributed by atoms with E-state index in [9.17, 15) is 9.90 Å². The minimum Gasteiger partial charge on any atom is -0.508 e. The number of fused-ring (bicyclic) bond motifs is 1. The Morgan fingerprint density at radius 2 is 2.21 bits per heavy atom. The summed E-state index contributed by atoms with van der Waals surface area (Å²) in [7, 11) is 0. The van der Waals surface area contributed by atoms with Gasteiger partial charge in [0.1, 0.15) is 5.75 Å². The minimum atomic E-state index is -1.16. The number of carboxylic acid groups (broad SMARTS) is 1. The predicted molar refractivity (Wildman–Crippen MR) is 49.6 cm³/mol. The topological polar surface area (TPSA) is 75.4 Å². The van der Waals surface area contributed by atoms with E-state index in [1.807, 2.05) is 0 Å². The van der Waals surface area contributed by atoms with E-state index in [-0.39, 0.29) is 5.75 Å². The summed E-state index contributed by atoms with van der Waals surface area (Å²) in [5.41, 5.74) is 1.03. The molecule has 2 aromatic rings. The molecule has 0 saturated carbocycles. The number of phenolic OH excluding ortho intramolecular Hbond substituents is 1. The van der Waals surface area contributed by atoms with Gasteiger partial charge >= 0.3 is 6.09 Å². The fourth-order valence-corrected chi connectivity index (χ4v) is 1.40. The largest absolute Gasteiger partial charge is 0.508 e. The number of phenols is 1. The second-order valence-corrected chi connectivity index (χ2v) is 2.98. The molecular formula is C9H8N2O3. The molecule has 5 nitrogen and oxygen atoms in total. The van der Waals surface area contributed by atoms with Crippen LogP contribution in [0.1, 0.15) is 5.69 Å². The van der Waals surface area contributed by atoms with E-state index >= 15 is 0 Å². The highest BCUT2D eigenvalue weighted by atomic mass is 16.4. The first-order chi connectivity index (χ1) is 6.59. The highest BCUT2D eigenvalue weighted by Gasteiger charge is 2.12. The number of nitrogens with zero attached hydrogens (tertiary/aromatic N) is 2. The van der Waals surface area contributed by atoms with Crippen molar-refractivity contribution in [1.82, 2.24) is 9.78 Å². The van der Waals surface area contributed by atoms with E-state index in [0.717, 1.165) is 10.1 Å². The minimum absolute atomic E-state index is 0.0277. The van der Waals surface area contributed by atoms with E-state index in [4.69, 9.17) is 5.11 Å². The summed E-state index contributed by atoms with van der Waals surface area (Å²) in [6.07, 6.45) is -1.16. The molecule has 0 fully saturated rings. The van der Waals surface area contributed by atoms with Crippen molar-refractivity contribution in [3.8, 4) is 5.75 Å². The molecule has 72 valence electrons. The standard InChI is InChI=1S/C9H8N2O3/c1-5-7-3-2-6(12)4-8(7)11(10-5)9(13)14/h2-4,12H,1H3,(H,13,14). The summed E-state index contributed by atoms with van der Waals surface area (Å²) in [5, 5.41) is 22.6. The Morgan fingerprint density at radius 3 is 2.86 bits per heavy atom. The van der Waals surface area contributed by atoms with Crippen LogP contribution in [0.15, 0.2) is 18.2 Å². The quantitative estimate of drug-likeness (QED) is 0.664. The molecule has 0 bridgehead atoms. The highest BCUT2D eigenvalue weighted by Crippen LogP contribution is 2.22. The summed E-state index contributed by atoms with van der Waals surface area (Å²) < 4.78 is 0.852. The van der Waals surface area contributed by atoms with Crippen LogP contribution in [-0.2, 0) is 0 Å². The molecule has 0 atom stereocenters. The zero-order chi connectivity index (χ0) is 10.3. The molecule has 1 heterocycles. The lowest BCUT2D eigenvalue weighted by molar-refractivity contribution is 0.194. The summed E-state index contributed by atoms with van der Waals surface area (Å²) in [6.45, 7) is 1.72. The van der Waals surface area contributed by atoms with E-state index in [1.165, 1.54) is 12.1 Å². The van der Waals surface area contributed by atoms with Crippen LogP contribution in [0.5, 0.6) is 5.75 Å². The third kappa shape index (κ3) is 1.10. The average molecular weight is 192 g/mol. The molecule has 0 aliphatic carbocycles. The van der Waals surface area contributed by atoms with E-state index in [1.54, 1.807) is 13.0 Å². The maximum absolute atomic E-state index is 10.8. The molecule has 2 N–H and O–H groups in total. The Morgan fingerprint density at radius 1 is 1.50 bits per heavy atom. The van der Waals surface area contributed by atoms with Gasteiger partial charge in [-0.15, -0.1) is 0 Å². The van der Waals surface area contributed by atoms with Gasteiger partial charge in [-0.1, -0.05) is 0 Å². The molecule has 5 heteroatoms. The van der Waals surface area contributed by atoms with Gasteiger partial charge in [0.2, 0.25) is 0 Å². The highest BCUT2D eigenvalue weighted by molar-refractivity contribution is 5.89. The number of benzene rings is 1. The first-order valence-corrected chi connectivity index (χ1v) is 4.01. The van der Waals surface area contributed by atoms with Gasteiger partial charge in [0.15, 0.2) is 0 Å². The molecule has 0 amide bonds. The molecule has 0 unspecified atom stereocenters. The fourth-order valence-electron chi connectivity index (χ4n) is 1.40. The summed E-state index contributed by atoms with van der Waals surface area (Å²) in [4.78, 5) is 10.8. The van der Waals surface area contributed by atoms with Gasteiger partial charge in [-0.3, -0.25) is 0 Å². The Bertz CT molecular complexity index is 516. The van der Waals surface area contributed by atoms with Gasteiger partial charge in [0.25, 0.3) is 0 Å². The second-order valence-electron chi connectivity index (χ2n) is 2.98. The molecule has 0 aliphatic rings. The molecule has 0 aliphatic heterocycles. The van der Waals surface area contributed by atoms with Crippen molar-refractivity contribution in [3.63, 3.8) is 0 Å². The maximum Gasteiger partial charge on any atom is 0.432 e. The van der Waals surface area contributed by atoms with Crippen LogP contribution in [-0.4, -0.2) is 26.1 Å². The van der Waals surface area contributed by atoms with Crippen molar-refractivity contribution in [3.05, 3.63) is 23.9 Å². The van der Waals surface area contributed by atoms with Crippen LogP contribution in [0.3, 0.4) is 0 Å². The summed E-state index contributed by atoms with van der Waals surface area (Å²) in [5.74, 6) is 0.0277. The van der Waals surface area contributed by atoms with Crippen LogP contribution >= 0.6 is 0 Å². The fraction of sp³-hybridized carbons (Fsp3) is 0.111. The summed E-state index contributed by atoms with van der Waals surface area (Å²) in [6, 6.07) is 4.53. The molecule has 14 heavy (non-hydrogen) atoms. The number of aromatic nitrogens is 2. The SMILES string of the molecule is Cc1nn(C(=O)O)c2cc(O)ccc12. The lowest BCUT2D eigenvalue weighted by atomic mass is 10.2. The first kappa shape index (κ1) is 8.55. The van der Waals surface area contributed by atoms with Gasteiger partial charge in [0.05, 0.1) is 11.2 Å². The zero-order valence-corrected chi connectivity index (χ0v) is 7.43. The van der Waals surface area contributed by atoms with E-state index < -0.39 is 6.09 Å². The van der Waals surface area contributed by atoms with Crippen LogP contribution in [0.25, 0.3) is 10.9 Å². The second kappa shape index (κ2) is 2.73. The van der Waals surface area contributed by atoms with Crippen molar-refractivity contribution in [2.24, 2.45) is 0 Å². The molecule has 2 rings (SSSR count). The Balaban J connectivity index is 2.85. The maximum atomic E-state index is 10.8. The number of aromatic hydroxyl groups is 1. The van der Waals surface area contributed by atoms with Gasteiger partial charge in [-0.05, 0) is 19.1 Å². The normalized spacial score (nSPS) is 10.6.